The summed E-state index contributed by atoms with van der Waals surface area (Å²) in [6.45, 7) is 1.45. The first-order chi connectivity index (χ1) is 11.8. The van der Waals surface area contributed by atoms with Gasteiger partial charge >= 0.3 is 0 Å². The molecule has 3 aromatic rings. The highest BCUT2D eigenvalue weighted by Crippen LogP contribution is 2.33. The fourth-order valence-electron chi connectivity index (χ4n) is 3.25. The minimum atomic E-state index is -0.110. The molecule has 2 N–H and O–H groups in total. The molecule has 0 aliphatic carbocycles. The first-order valence-electron chi connectivity index (χ1n) is 7.76. The smallest absolute Gasteiger partial charge is 0.225 e. The van der Waals surface area contributed by atoms with Gasteiger partial charge in [0.15, 0.2) is 11.3 Å². The number of rotatable bonds is 3. The topological polar surface area (TPSA) is 111 Å². The summed E-state index contributed by atoms with van der Waals surface area (Å²) in [5.41, 5.74) is 2.34. The van der Waals surface area contributed by atoms with E-state index < -0.39 is 0 Å². The highest BCUT2D eigenvalue weighted by molar-refractivity contribution is 6.08. The number of carbonyl (C=O) groups excluding carboxylic acids is 1. The number of hydrogen-bond acceptors (Lipinski definition) is 6. The van der Waals surface area contributed by atoms with Crippen LogP contribution in [0.4, 0.5) is 5.69 Å². The van der Waals surface area contributed by atoms with Gasteiger partial charge in [-0.1, -0.05) is 0 Å². The number of carbonyl (C=O) groups is 1. The Hall–Kier alpha value is -3.21. The van der Waals surface area contributed by atoms with E-state index in [-0.39, 0.29) is 18.4 Å². The van der Waals surface area contributed by atoms with E-state index >= 15 is 0 Å². The highest BCUT2D eigenvalue weighted by Gasteiger charge is 2.29. The van der Waals surface area contributed by atoms with Gasteiger partial charge in [-0.15, -0.1) is 10.2 Å². The largest absolute Gasteiger partial charge is 0.370 e. The van der Waals surface area contributed by atoms with Crippen molar-refractivity contribution in [2.24, 2.45) is 5.92 Å². The number of nitrogens with zero attached hydrogens (tertiary/aromatic N) is 5. The lowest BCUT2D eigenvalue weighted by Gasteiger charge is -2.20. The molecule has 3 aromatic heterocycles. The Morgan fingerprint density at radius 1 is 1.46 bits per heavy atom. The van der Waals surface area contributed by atoms with Crippen LogP contribution >= 0.6 is 0 Å². The Labute approximate surface area is 137 Å². The highest BCUT2D eigenvalue weighted by atomic mass is 16.1. The molecule has 8 nitrogen and oxygen atoms in total. The molecule has 1 unspecified atom stereocenters. The zero-order valence-electron chi connectivity index (χ0n) is 12.9. The van der Waals surface area contributed by atoms with Gasteiger partial charge in [0.25, 0.3) is 0 Å². The van der Waals surface area contributed by atoms with E-state index in [1.165, 1.54) is 0 Å². The SMILES string of the molecule is N#CCNC(=O)C1CCN(c2cc[nH]c3nnc4nccc4c23)C1. The number of aromatic amines is 1. The zero-order valence-corrected chi connectivity index (χ0v) is 12.9. The van der Waals surface area contributed by atoms with Gasteiger partial charge < -0.3 is 15.2 Å². The molecule has 1 fully saturated rings. The monoisotopic (exact) mass is 321 g/mol. The maximum atomic E-state index is 12.1. The van der Waals surface area contributed by atoms with Gasteiger partial charge in [0.05, 0.1) is 17.4 Å². The number of nitriles is 1. The van der Waals surface area contributed by atoms with Gasteiger partial charge in [-0.2, -0.15) is 5.26 Å². The lowest BCUT2D eigenvalue weighted by atomic mass is 10.1. The molecule has 0 aromatic carbocycles. The summed E-state index contributed by atoms with van der Waals surface area (Å²) in [5, 5.41) is 21.5. The summed E-state index contributed by atoms with van der Waals surface area (Å²) in [5.74, 6) is -0.175. The maximum absolute atomic E-state index is 12.1. The third-order valence-electron chi connectivity index (χ3n) is 4.39. The van der Waals surface area contributed by atoms with Crippen LogP contribution in [0, 0.1) is 17.2 Å². The summed E-state index contributed by atoms with van der Waals surface area (Å²) < 4.78 is 0. The summed E-state index contributed by atoms with van der Waals surface area (Å²) >= 11 is 0. The molecule has 1 amide bonds. The molecule has 4 rings (SSSR count). The third-order valence-corrected chi connectivity index (χ3v) is 4.39. The standard InChI is InChI=1S/C16H15N7O/c17-4-7-20-16(24)10-3-8-23(9-10)12-2-6-19-15-13(12)11-1-5-18-14(11)21-22-15/h1-2,5-6,10H,3,7-9H2,(H,19,22)(H,20,24). The molecule has 4 heterocycles. The quantitative estimate of drug-likeness (QED) is 0.696. The number of hydrogen-bond donors (Lipinski definition) is 2. The van der Waals surface area contributed by atoms with Crippen molar-refractivity contribution in [3.05, 3.63) is 24.5 Å². The second kappa shape index (κ2) is 5.77. The van der Waals surface area contributed by atoms with Crippen LogP contribution in [-0.4, -0.2) is 45.7 Å². The van der Waals surface area contributed by atoms with Crippen molar-refractivity contribution in [2.75, 3.05) is 24.5 Å². The van der Waals surface area contributed by atoms with Gasteiger partial charge in [-0.3, -0.25) is 4.79 Å². The second-order valence-corrected chi connectivity index (χ2v) is 5.78. The molecule has 120 valence electrons. The predicted octanol–water partition coefficient (Wildman–Crippen LogP) is 0.972. The molecular weight excluding hydrogens is 306 g/mol. The lowest BCUT2D eigenvalue weighted by Crippen LogP contribution is -2.33. The maximum Gasteiger partial charge on any atom is 0.225 e. The van der Waals surface area contributed by atoms with Gasteiger partial charge in [0.2, 0.25) is 5.91 Å². The zero-order chi connectivity index (χ0) is 16.5. The van der Waals surface area contributed by atoms with E-state index in [1.807, 2.05) is 24.4 Å². The Bertz CT molecular complexity index is 958. The minimum absolute atomic E-state index is 0.0496. The minimum Gasteiger partial charge on any atom is -0.370 e. The molecule has 1 atom stereocenters. The Kier molecular flexibility index (Phi) is 3.46. The average molecular weight is 321 g/mol. The van der Waals surface area contributed by atoms with Crippen molar-refractivity contribution in [3.8, 4) is 6.07 Å². The van der Waals surface area contributed by atoms with E-state index in [2.05, 4.69) is 30.4 Å². The molecule has 8 heteroatoms. The number of anilines is 1. The normalized spacial score (nSPS) is 17.3. The van der Waals surface area contributed by atoms with Crippen LogP contribution in [0.5, 0.6) is 0 Å². The summed E-state index contributed by atoms with van der Waals surface area (Å²) in [6.07, 6.45) is 4.31. The number of amides is 1. The lowest BCUT2D eigenvalue weighted by molar-refractivity contribution is -0.124. The van der Waals surface area contributed by atoms with Crippen LogP contribution in [0.3, 0.4) is 0 Å². The number of H-pyrrole nitrogens is 1. The van der Waals surface area contributed by atoms with Crippen LogP contribution in [0.2, 0.25) is 0 Å². The van der Waals surface area contributed by atoms with Crippen molar-refractivity contribution in [3.63, 3.8) is 0 Å². The Morgan fingerprint density at radius 2 is 2.38 bits per heavy atom. The molecule has 0 bridgehead atoms. The van der Waals surface area contributed by atoms with Crippen molar-refractivity contribution in [1.82, 2.24) is 25.5 Å². The van der Waals surface area contributed by atoms with Crippen LogP contribution in [0.15, 0.2) is 24.5 Å². The van der Waals surface area contributed by atoms with Crippen molar-refractivity contribution >= 4 is 33.7 Å². The Balaban J connectivity index is 1.69. The van der Waals surface area contributed by atoms with Crippen molar-refractivity contribution in [2.45, 2.75) is 6.42 Å². The number of pyridine rings is 1. The molecule has 0 saturated carbocycles. The van der Waals surface area contributed by atoms with Gasteiger partial charge in [-0.25, -0.2) is 4.98 Å². The van der Waals surface area contributed by atoms with E-state index in [0.29, 0.717) is 17.8 Å². The molecule has 1 saturated heterocycles. The molecular formula is C16H15N7O. The van der Waals surface area contributed by atoms with Gasteiger partial charge in [0.1, 0.15) is 6.54 Å². The molecule has 0 spiro atoms. The first kappa shape index (κ1) is 14.4. The molecule has 1 aliphatic rings. The Morgan fingerprint density at radius 3 is 3.25 bits per heavy atom. The fraction of sp³-hybridized carbons (Fsp3) is 0.312. The van der Waals surface area contributed by atoms with Crippen LogP contribution < -0.4 is 10.2 Å². The third kappa shape index (κ3) is 2.31. The van der Waals surface area contributed by atoms with Crippen LogP contribution in [-0.2, 0) is 4.79 Å². The summed E-state index contributed by atoms with van der Waals surface area (Å²) in [6, 6.07) is 5.85. The predicted molar refractivity (Wildman–Crippen MR) is 88.1 cm³/mol. The van der Waals surface area contributed by atoms with Crippen LogP contribution in [0.25, 0.3) is 22.1 Å². The van der Waals surface area contributed by atoms with Crippen molar-refractivity contribution < 1.29 is 4.79 Å². The van der Waals surface area contributed by atoms with Crippen molar-refractivity contribution in [1.29, 1.82) is 5.26 Å². The van der Waals surface area contributed by atoms with Crippen LogP contribution in [0.1, 0.15) is 6.42 Å². The van der Waals surface area contributed by atoms with E-state index in [9.17, 15) is 4.79 Å². The second-order valence-electron chi connectivity index (χ2n) is 5.78. The number of nitrogens with one attached hydrogen (secondary N) is 2. The molecule has 1 aliphatic heterocycles. The average Bonchev–Trinajstić information content (AvgIpc) is 3.28. The molecule has 0 radical (unpaired) electrons. The van der Waals surface area contributed by atoms with Gasteiger partial charge in [0, 0.05) is 36.6 Å². The van der Waals surface area contributed by atoms with E-state index in [1.54, 1.807) is 6.20 Å². The number of aromatic nitrogens is 4. The summed E-state index contributed by atoms with van der Waals surface area (Å²) in [7, 11) is 0. The van der Waals surface area contributed by atoms with E-state index in [0.717, 1.165) is 29.4 Å². The van der Waals surface area contributed by atoms with E-state index in [4.69, 9.17) is 5.26 Å². The first-order valence-corrected chi connectivity index (χ1v) is 7.76. The summed E-state index contributed by atoms with van der Waals surface area (Å²) in [4.78, 5) is 21.6. The molecule has 24 heavy (non-hydrogen) atoms. The number of fused-ring (bicyclic) bond motifs is 3. The van der Waals surface area contributed by atoms with Gasteiger partial charge in [-0.05, 0) is 18.6 Å². The fourth-order valence-corrected chi connectivity index (χ4v) is 3.25.